The van der Waals surface area contributed by atoms with Gasteiger partial charge in [-0.1, -0.05) is 24.3 Å². The summed E-state index contributed by atoms with van der Waals surface area (Å²) in [5.74, 6) is -0.308. The fraction of sp³-hybridized carbons (Fsp3) is 0.333. The number of nitro benzene ring substituents is 1. The molecule has 1 fully saturated rings. The molecule has 1 saturated heterocycles. The average molecular weight is 466 g/mol. The minimum atomic E-state index is -0.407. The number of rotatable bonds is 7. The van der Waals surface area contributed by atoms with Crippen molar-refractivity contribution in [2.24, 2.45) is 0 Å². The lowest BCUT2D eigenvalue weighted by Gasteiger charge is -2.33. The predicted molar refractivity (Wildman–Crippen MR) is 131 cm³/mol. The zero-order chi connectivity index (χ0) is 23.4. The van der Waals surface area contributed by atoms with Crippen molar-refractivity contribution in [3.8, 4) is 11.3 Å². The first kappa shape index (κ1) is 22.9. The smallest absolute Gasteiger partial charge is 0.293 e. The van der Waals surface area contributed by atoms with Crippen LogP contribution >= 0.6 is 11.3 Å². The lowest BCUT2D eigenvalue weighted by Crippen LogP contribution is -2.44. The molecule has 2 heterocycles. The summed E-state index contributed by atoms with van der Waals surface area (Å²) in [6, 6.07) is 12.9. The van der Waals surface area contributed by atoms with Crippen LogP contribution in [0.5, 0.6) is 0 Å². The summed E-state index contributed by atoms with van der Waals surface area (Å²) in [7, 11) is 2.04. The molecule has 1 amide bonds. The van der Waals surface area contributed by atoms with E-state index in [4.69, 9.17) is 0 Å². The molecule has 172 valence electrons. The Morgan fingerprint density at radius 1 is 1.15 bits per heavy atom. The summed E-state index contributed by atoms with van der Waals surface area (Å²) in [5.41, 5.74) is 3.98. The van der Waals surface area contributed by atoms with Gasteiger partial charge in [-0.05, 0) is 38.1 Å². The average Bonchev–Trinajstić information content (AvgIpc) is 3.26. The first-order chi connectivity index (χ1) is 15.9. The number of piperazine rings is 1. The Bertz CT molecular complexity index is 1140. The Balaban J connectivity index is 1.36. The molecular weight excluding hydrogens is 438 g/mol. The quantitative estimate of drug-likeness (QED) is 0.422. The third-order valence-corrected chi connectivity index (χ3v) is 6.62. The highest BCUT2D eigenvalue weighted by Crippen LogP contribution is 2.30. The molecule has 0 atom stereocenters. The number of carbonyl (C=O) groups is 1. The van der Waals surface area contributed by atoms with Crippen molar-refractivity contribution in [1.82, 2.24) is 15.2 Å². The number of carbonyl (C=O) groups excluding carboxylic acids is 1. The highest BCUT2D eigenvalue weighted by molar-refractivity contribution is 7.09. The van der Waals surface area contributed by atoms with Crippen LogP contribution in [0.15, 0.2) is 47.8 Å². The molecule has 0 radical (unpaired) electrons. The first-order valence-corrected chi connectivity index (χ1v) is 11.8. The zero-order valence-electron chi connectivity index (χ0n) is 18.8. The molecule has 3 aromatic rings. The molecule has 1 aromatic heterocycles. The molecule has 0 aliphatic carbocycles. The number of anilines is 1. The van der Waals surface area contributed by atoms with Gasteiger partial charge in [-0.25, -0.2) is 4.98 Å². The van der Waals surface area contributed by atoms with Crippen LogP contribution in [0.25, 0.3) is 11.3 Å². The van der Waals surface area contributed by atoms with E-state index in [0.29, 0.717) is 24.2 Å². The lowest BCUT2D eigenvalue weighted by atomic mass is 10.1. The fourth-order valence-corrected chi connectivity index (χ4v) is 4.51. The number of hydrogen-bond acceptors (Lipinski definition) is 7. The predicted octanol–water partition coefficient (Wildman–Crippen LogP) is 3.75. The van der Waals surface area contributed by atoms with E-state index in [1.165, 1.54) is 6.07 Å². The van der Waals surface area contributed by atoms with Gasteiger partial charge in [0, 0.05) is 55.3 Å². The third kappa shape index (κ3) is 5.55. The topological polar surface area (TPSA) is 91.6 Å². The zero-order valence-corrected chi connectivity index (χ0v) is 19.6. The standard InChI is InChI=1S/C24H27N5O3S/c1-17-26-21(16-33-17)19-5-3-18(4-6-19)9-10-25-24(30)20-7-8-22(23(15-20)29(31)32)28-13-11-27(2)12-14-28/h3-8,15-16H,9-14H2,1-2H3,(H,25,30). The Kier molecular flexibility index (Phi) is 7.00. The second-order valence-electron chi connectivity index (χ2n) is 8.21. The molecule has 0 spiro atoms. The van der Waals surface area contributed by atoms with Crippen molar-refractivity contribution in [3.05, 3.63) is 74.1 Å². The van der Waals surface area contributed by atoms with E-state index in [1.807, 2.05) is 48.5 Å². The summed E-state index contributed by atoms with van der Waals surface area (Å²) < 4.78 is 0. The van der Waals surface area contributed by atoms with Crippen molar-refractivity contribution in [1.29, 1.82) is 0 Å². The monoisotopic (exact) mass is 465 g/mol. The van der Waals surface area contributed by atoms with Gasteiger partial charge in [-0.3, -0.25) is 14.9 Å². The second-order valence-corrected chi connectivity index (χ2v) is 9.27. The van der Waals surface area contributed by atoms with E-state index < -0.39 is 4.92 Å². The number of aromatic nitrogens is 1. The van der Waals surface area contributed by atoms with E-state index in [9.17, 15) is 14.9 Å². The largest absolute Gasteiger partial charge is 0.363 e. The highest BCUT2D eigenvalue weighted by atomic mass is 32.1. The van der Waals surface area contributed by atoms with Crippen LogP contribution < -0.4 is 10.2 Å². The van der Waals surface area contributed by atoms with Crippen LogP contribution in [0, 0.1) is 17.0 Å². The summed E-state index contributed by atoms with van der Waals surface area (Å²) >= 11 is 1.62. The van der Waals surface area contributed by atoms with Crippen LogP contribution in [0.2, 0.25) is 0 Å². The number of thiazole rings is 1. The fourth-order valence-electron chi connectivity index (χ4n) is 3.89. The summed E-state index contributed by atoms with van der Waals surface area (Å²) in [6.07, 6.45) is 0.670. The van der Waals surface area contributed by atoms with Crippen LogP contribution in [0.4, 0.5) is 11.4 Å². The Hall–Kier alpha value is -3.30. The molecular formula is C24H27N5O3S. The van der Waals surface area contributed by atoms with Gasteiger partial charge in [-0.15, -0.1) is 11.3 Å². The lowest BCUT2D eigenvalue weighted by molar-refractivity contribution is -0.384. The molecule has 8 nitrogen and oxygen atoms in total. The number of nitrogens with one attached hydrogen (secondary N) is 1. The van der Waals surface area contributed by atoms with Crippen LogP contribution in [0.1, 0.15) is 20.9 Å². The second kappa shape index (κ2) is 10.1. The molecule has 2 aromatic carbocycles. The van der Waals surface area contributed by atoms with Crippen LogP contribution in [-0.4, -0.2) is 60.5 Å². The van der Waals surface area contributed by atoms with E-state index in [2.05, 4.69) is 15.2 Å². The Labute approximate surface area is 197 Å². The minimum absolute atomic E-state index is 0.0277. The number of nitrogens with zero attached hydrogens (tertiary/aromatic N) is 4. The van der Waals surface area contributed by atoms with Crippen LogP contribution in [0.3, 0.4) is 0 Å². The maximum Gasteiger partial charge on any atom is 0.293 e. The van der Waals surface area contributed by atoms with E-state index in [0.717, 1.165) is 48.0 Å². The maximum atomic E-state index is 12.6. The molecule has 0 saturated carbocycles. The molecule has 33 heavy (non-hydrogen) atoms. The summed E-state index contributed by atoms with van der Waals surface area (Å²) in [6.45, 7) is 5.59. The van der Waals surface area contributed by atoms with E-state index in [1.54, 1.807) is 23.5 Å². The van der Waals surface area contributed by atoms with Gasteiger partial charge < -0.3 is 15.1 Å². The molecule has 0 bridgehead atoms. The Morgan fingerprint density at radius 3 is 2.52 bits per heavy atom. The van der Waals surface area contributed by atoms with Gasteiger partial charge in [0.2, 0.25) is 0 Å². The van der Waals surface area contributed by atoms with Crippen molar-refractivity contribution in [2.45, 2.75) is 13.3 Å². The van der Waals surface area contributed by atoms with Crippen molar-refractivity contribution < 1.29 is 9.72 Å². The molecule has 1 aliphatic rings. The number of hydrogen-bond donors (Lipinski definition) is 1. The van der Waals surface area contributed by atoms with Gasteiger partial charge in [0.15, 0.2) is 0 Å². The first-order valence-electron chi connectivity index (χ1n) is 10.9. The number of amides is 1. The summed E-state index contributed by atoms with van der Waals surface area (Å²) in [4.78, 5) is 32.6. The number of aryl methyl sites for hydroxylation is 1. The summed E-state index contributed by atoms with van der Waals surface area (Å²) in [5, 5.41) is 17.6. The van der Waals surface area contributed by atoms with Crippen molar-refractivity contribution in [3.63, 3.8) is 0 Å². The van der Waals surface area contributed by atoms with Crippen molar-refractivity contribution >= 4 is 28.6 Å². The molecule has 0 unspecified atom stereocenters. The third-order valence-electron chi connectivity index (χ3n) is 5.85. The highest BCUT2D eigenvalue weighted by Gasteiger charge is 2.24. The van der Waals surface area contributed by atoms with Gasteiger partial charge >= 0.3 is 0 Å². The molecule has 1 N–H and O–H groups in total. The normalized spacial score (nSPS) is 14.3. The van der Waals surface area contributed by atoms with E-state index >= 15 is 0 Å². The molecule has 4 rings (SSSR count). The van der Waals surface area contributed by atoms with E-state index in [-0.39, 0.29) is 11.6 Å². The molecule has 1 aliphatic heterocycles. The maximum absolute atomic E-state index is 12.6. The molecule has 9 heteroatoms. The van der Waals surface area contributed by atoms with Gasteiger partial charge in [0.1, 0.15) is 5.69 Å². The van der Waals surface area contributed by atoms with Gasteiger partial charge in [-0.2, -0.15) is 0 Å². The number of nitro groups is 1. The van der Waals surface area contributed by atoms with Gasteiger partial charge in [0.25, 0.3) is 11.6 Å². The number of likely N-dealkylation sites (N-methyl/N-ethyl adjacent to an activating group) is 1. The van der Waals surface area contributed by atoms with Crippen LogP contribution in [-0.2, 0) is 6.42 Å². The van der Waals surface area contributed by atoms with Gasteiger partial charge in [0.05, 0.1) is 15.6 Å². The van der Waals surface area contributed by atoms with Crippen molar-refractivity contribution in [2.75, 3.05) is 44.7 Å². The Morgan fingerprint density at radius 2 is 1.88 bits per heavy atom. The minimum Gasteiger partial charge on any atom is -0.363 e. The number of benzene rings is 2. The SMILES string of the molecule is Cc1nc(-c2ccc(CCNC(=O)c3ccc(N4CCN(C)CC4)c([N+](=O)[O-])c3)cc2)cs1.